The fourth-order valence-electron chi connectivity index (χ4n) is 4.02. The summed E-state index contributed by atoms with van der Waals surface area (Å²) in [4.78, 5) is 12.6. The maximum atomic E-state index is 12.6. The van der Waals surface area contributed by atoms with Crippen molar-refractivity contribution in [2.75, 3.05) is 0 Å². The van der Waals surface area contributed by atoms with Crippen molar-refractivity contribution in [3.63, 3.8) is 0 Å². The van der Waals surface area contributed by atoms with Gasteiger partial charge in [0.1, 0.15) is 0 Å². The van der Waals surface area contributed by atoms with Gasteiger partial charge < -0.3 is 5.32 Å². The zero-order chi connectivity index (χ0) is 13.7. The fraction of sp³-hybridized carbons (Fsp3) is 0.941. The highest BCUT2D eigenvalue weighted by Crippen LogP contribution is 2.36. The molecule has 0 aromatic carbocycles. The molecule has 2 aliphatic rings. The molecule has 0 aromatic rings. The molecule has 2 heteroatoms. The van der Waals surface area contributed by atoms with Gasteiger partial charge in [-0.2, -0.15) is 0 Å². The van der Waals surface area contributed by atoms with Crippen LogP contribution in [0.15, 0.2) is 0 Å². The first-order chi connectivity index (χ1) is 9.22. The zero-order valence-corrected chi connectivity index (χ0v) is 12.8. The molecule has 1 N–H and O–H groups in total. The molecule has 2 rings (SSSR count). The number of amides is 1. The highest BCUT2D eigenvalue weighted by Gasteiger charge is 2.34. The number of rotatable bonds is 4. The lowest BCUT2D eigenvalue weighted by molar-refractivity contribution is -0.129. The number of nitrogens with one attached hydrogen (secondary N) is 1. The second kappa shape index (κ2) is 7.31. The molecule has 2 aliphatic carbocycles. The highest BCUT2D eigenvalue weighted by molar-refractivity contribution is 5.79. The van der Waals surface area contributed by atoms with E-state index in [0.29, 0.717) is 29.7 Å². The van der Waals surface area contributed by atoms with Crippen LogP contribution in [0.2, 0.25) is 0 Å². The van der Waals surface area contributed by atoms with Crippen LogP contribution in [0.3, 0.4) is 0 Å². The number of hydrogen-bond donors (Lipinski definition) is 1. The van der Waals surface area contributed by atoms with Crippen molar-refractivity contribution in [2.45, 2.75) is 84.1 Å². The van der Waals surface area contributed by atoms with Crippen molar-refractivity contribution in [3.8, 4) is 0 Å². The quantitative estimate of drug-likeness (QED) is 0.807. The number of hydrogen-bond acceptors (Lipinski definition) is 1. The molecule has 110 valence electrons. The summed E-state index contributed by atoms with van der Waals surface area (Å²) in [6, 6.07) is 0.473. The third-order valence-electron chi connectivity index (χ3n) is 5.48. The first-order valence-corrected chi connectivity index (χ1v) is 8.52. The maximum Gasteiger partial charge on any atom is 0.223 e. The minimum absolute atomic E-state index is 0.297. The Balaban J connectivity index is 1.90. The minimum atomic E-state index is 0.297. The first-order valence-electron chi connectivity index (χ1n) is 8.52. The lowest BCUT2D eigenvalue weighted by Gasteiger charge is -2.36. The Morgan fingerprint density at radius 1 is 1.05 bits per heavy atom. The molecule has 0 radical (unpaired) electrons. The highest BCUT2D eigenvalue weighted by atomic mass is 16.2. The van der Waals surface area contributed by atoms with E-state index in [1.165, 1.54) is 57.8 Å². The van der Waals surface area contributed by atoms with E-state index in [1.807, 2.05) is 0 Å². The van der Waals surface area contributed by atoms with Gasteiger partial charge in [0.25, 0.3) is 0 Å². The number of carbonyl (C=O) groups excluding carboxylic acids is 1. The van der Waals surface area contributed by atoms with Crippen molar-refractivity contribution in [1.29, 1.82) is 0 Å². The average Bonchev–Trinajstić information content (AvgIpc) is 2.47. The standard InChI is InChI=1S/C17H31NO/c1-3-13(2)15-11-7-8-12-16(15)17(19)18-14-9-5-4-6-10-14/h13-16H,3-12H2,1-2H3,(H,18,19). The Kier molecular flexibility index (Phi) is 5.72. The van der Waals surface area contributed by atoms with Crippen molar-refractivity contribution in [1.82, 2.24) is 5.32 Å². The molecule has 0 bridgehead atoms. The summed E-state index contributed by atoms with van der Waals surface area (Å²) in [5.74, 6) is 1.99. The van der Waals surface area contributed by atoms with E-state index in [2.05, 4.69) is 19.2 Å². The zero-order valence-electron chi connectivity index (χ0n) is 12.8. The summed E-state index contributed by atoms with van der Waals surface area (Å²) in [5.41, 5.74) is 0. The fourth-order valence-corrected chi connectivity index (χ4v) is 4.02. The first kappa shape index (κ1) is 14.9. The summed E-state index contributed by atoms with van der Waals surface area (Å²) in [7, 11) is 0. The van der Waals surface area contributed by atoms with Crippen LogP contribution in [-0.4, -0.2) is 11.9 Å². The van der Waals surface area contributed by atoms with Crippen LogP contribution in [0.4, 0.5) is 0 Å². The molecule has 2 saturated carbocycles. The molecule has 2 fully saturated rings. The molecule has 0 saturated heterocycles. The minimum Gasteiger partial charge on any atom is -0.353 e. The van der Waals surface area contributed by atoms with Crippen LogP contribution < -0.4 is 5.32 Å². The SMILES string of the molecule is CCC(C)C1CCCCC1C(=O)NC1CCCCC1. The summed E-state index contributed by atoms with van der Waals surface area (Å²) in [5, 5.41) is 3.36. The lowest BCUT2D eigenvalue weighted by Crippen LogP contribution is -2.44. The average molecular weight is 265 g/mol. The van der Waals surface area contributed by atoms with Crippen molar-refractivity contribution < 1.29 is 4.79 Å². The largest absolute Gasteiger partial charge is 0.353 e. The van der Waals surface area contributed by atoms with Crippen LogP contribution >= 0.6 is 0 Å². The van der Waals surface area contributed by atoms with E-state index >= 15 is 0 Å². The van der Waals surface area contributed by atoms with Gasteiger partial charge in [-0.1, -0.05) is 52.4 Å². The normalized spacial score (nSPS) is 30.8. The number of carbonyl (C=O) groups is 1. The summed E-state index contributed by atoms with van der Waals surface area (Å²) in [6.45, 7) is 4.59. The van der Waals surface area contributed by atoms with Crippen molar-refractivity contribution in [2.24, 2.45) is 17.8 Å². The van der Waals surface area contributed by atoms with Gasteiger partial charge in [0.15, 0.2) is 0 Å². The lowest BCUT2D eigenvalue weighted by atomic mass is 9.71. The van der Waals surface area contributed by atoms with Gasteiger partial charge in [-0.3, -0.25) is 4.79 Å². The molecular formula is C17H31NO. The Morgan fingerprint density at radius 2 is 1.68 bits per heavy atom. The smallest absolute Gasteiger partial charge is 0.223 e. The molecule has 3 unspecified atom stereocenters. The van der Waals surface area contributed by atoms with Crippen molar-refractivity contribution >= 4 is 5.91 Å². The predicted molar refractivity (Wildman–Crippen MR) is 79.9 cm³/mol. The monoisotopic (exact) mass is 265 g/mol. The van der Waals surface area contributed by atoms with Gasteiger partial charge in [0.05, 0.1) is 0 Å². The van der Waals surface area contributed by atoms with Crippen LogP contribution in [0, 0.1) is 17.8 Å². The molecule has 0 spiro atoms. The van der Waals surface area contributed by atoms with Crippen LogP contribution in [0.5, 0.6) is 0 Å². The van der Waals surface area contributed by atoms with E-state index in [0.717, 1.165) is 6.42 Å². The Labute approximate surface area is 118 Å². The molecule has 2 nitrogen and oxygen atoms in total. The molecule has 0 aromatic heterocycles. The van der Waals surface area contributed by atoms with Crippen LogP contribution in [-0.2, 0) is 4.79 Å². The third kappa shape index (κ3) is 3.97. The molecule has 19 heavy (non-hydrogen) atoms. The van der Waals surface area contributed by atoms with Gasteiger partial charge in [-0.15, -0.1) is 0 Å². The molecular weight excluding hydrogens is 234 g/mol. The summed E-state index contributed by atoms with van der Waals surface area (Å²) in [6.07, 6.45) is 12.5. The van der Waals surface area contributed by atoms with Gasteiger partial charge in [0.2, 0.25) is 5.91 Å². The Bertz CT molecular complexity index is 283. The van der Waals surface area contributed by atoms with Crippen LogP contribution in [0.25, 0.3) is 0 Å². The molecule has 0 aliphatic heterocycles. The van der Waals surface area contributed by atoms with Gasteiger partial charge >= 0.3 is 0 Å². The second-order valence-corrected chi connectivity index (χ2v) is 6.78. The Hall–Kier alpha value is -0.530. The molecule has 3 atom stereocenters. The summed E-state index contributed by atoms with van der Waals surface area (Å²) < 4.78 is 0. The van der Waals surface area contributed by atoms with Crippen molar-refractivity contribution in [3.05, 3.63) is 0 Å². The van der Waals surface area contributed by atoms with E-state index in [-0.39, 0.29) is 0 Å². The molecule has 0 heterocycles. The third-order valence-corrected chi connectivity index (χ3v) is 5.48. The summed E-state index contributed by atoms with van der Waals surface area (Å²) >= 11 is 0. The van der Waals surface area contributed by atoms with E-state index < -0.39 is 0 Å². The predicted octanol–water partition coefficient (Wildman–Crippen LogP) is 4.29. The van der Waals surface area contributed by atoms with E-state index in [9.17, 15) is 4.79 Å². The second-order valence-electron chi connectivity index (χ2n) is 6.78. The maximum absolute atomic E-state index is 12.6. The van der Waals surface area contributed by atoms with Crippen LogP contribution in [0.1, 0.15) is 78.1 Å². The van der Waals surface area contributed by atoms with E-state index in [4.69, 9.17) is 0 Å². The topological polar surface area (TPSA) is 29.1 Å². The Morgan fingerprint density at radius 3 is 2.37 bits per heavy atom. The van der Waals surface area contributed by atoms with Gasteiger partial charge in [-0.05, 0) is 37.5 Å². The molecule has 1 amide bonds. The van der Waals surface area contributed by atoms with Gasteiger partial charge in [0, 0.05) is 12.0 Å². The van der Waals surface area contributed by atoms with E-state index in [1.54, 1.807) is 0 Å². The van der Waals surface area contributed by atoms with Gasteiger partial charge in [-0.25, -0.2) is 0 Å².